The number of hydrogen-bond donors (Lipinski definition) is 0. The van der Waals surface area contributed by atoms with E-state index in [1.54, 1.807) is 7.11 Å². The minimum Gasteiger partial charge on any atom is -0.497 e. The van der Waals surface area contributed by atoms with Crippen molar-refractivity contribution in [3.05, 3.63) is 65.6 Å². The van der Waals surface area contributed by atoms with Crippen LogP contribution in [0.3, 0.4) is 0 Å². The quantitative estimate of drug-likeness (QED) is 0.431. The van der Waals surface area contributed by atoms with Crippen molar-refractivity contribution in [2.24, 2.45) is 5.41 Å². The van der Waals surface area contributed by atoms with Crippen molar-refractivity contribution >= 4 is 5.69 Å². The summed E-state index contributed by atoms with van der Waals surface area (Å²) in [5.74, 6) is 1.58. The van der Waals surface area contributed by atoms with E-state index in [9.17, 15) is 0 Å². The van der Waals surface area contributed by atoms with Gasteiger partial charge in [0.25, 0.3) is 0 Å². The number of rotatable bonds is 7. The van der Waals surface area contributed by atoms with Crippen LogP contribution in [0.1, 0.15) is 50.4 Å². The summed E-state index contributed by atoms with van der Waals surface area (Å²) in [7, 11) is 1.67. The molecule has 0 amide bonds. The lowest BCUT2D eigenvalue weighted by Gasteiger charge is -2.40. The van der Waals surface area contributed by atoms with E-state index < -0.39 is 0 Å². The maximum atomic E-state index is 5.97. The molecular weight excluding hydrogens is 410 g/mol. The van der Waals surface area contributed by atoms with Crippen LogP contribution in [-0.4, -0.2) is 30.2 Å². The molecule has 0 N–H and O–H groups in total. The third kappa shape index (κ3) is 5.29. The first kappa shape index (κ1) is 23.1. The van der Waals surface area contributed by atoms with Crippen molar-refractivity contribution in [2.45, 2.75) is 53.6 Å². The van der Waals surface area contributed by atoms with Crippen molar-refractivity contribution in [1.29, 1.82) is 0 Å². The van der Waals surface area contributed by atoms with Gasteiger partial charge in [0.1, 0.15) is 18.1 Å². The summed E-state index contributed by atoms with van der Waals surface area (Å²) in [5.41, 5.74) is 7.25. The average molecular weight is 446 g/mol. The summed E-state index contributed by atoms with van der Waals surface area (Å²) in [6.45, 7) is 11.7. The van der Waals surface area contributed by atoms with E-state index >= 15 is 0 Å². The van der Waals surface area contributed by atoms with E-state index in [2.05, 4.69) is 32.6 Å². The van der Waals surface area contributed by atoms with Crippen LogP contribution in [0.5, 0.6) is 11.5 Å². The predicted molar refractivity (Wildman–Crippen MR) is 134 cm³/mol. The van der Waals surface area contributed by atoms with E-state index in [0.717, 1.165) is 53.5 Å². The number of nitrogens with zero attached hydrogens (tertiary/aromatic N) is 3. The summed E-state index contributed by atoms with van der Waals surface area (Å²) in [6.07, 6.45) is 7.15. The molecule has 0 radical (unpaired) electrons. The molecule has 1 aliphatic rings. The topological polar surface area (TPSA) is 47.5 Å². The Balaban J connectivity index is 1.57. The van der Waals surface area contributed by atoms with Gasteiger partial charge in [-0.05, 0) is 67.0 Å². The Morgan fingerprint density at radius 2 is 1.79 bits per heavy atom. The number of aryl methyl sites for hydroxylation is 1. The van der Waals surface area contributed by atoms with Gasteiger partial charge in [0.15, 0.2) is 0 Å². The number of ether oxygens (including phenoxy) is 2. The SMILES string of the molecule is CCc1c(C)ncc(-c2ccc(OCc3cccc(OC)c3)cn2)c1N1CCC(C)(C)CC1. The molecule has 0 bridgehead atoms. The molecule has 3 heterocycles. The van der Waals surface area contributed by atoms with Gasteiger partial charge in [0.2, 0.25) is 0 Å². The first-order valence-electron chi connectivity index (χ1n) is 11.9. The molecule has 0 unspecified atom stereocenters. The van der Waals surface area contributed by atoms with Crippen molar-refractivity contribution < 1.29 is 9.47 Å². The monoisotopic (exact) mass is 445 g/mol. The summed E-state index contributed by atoms with van der Waals surface area (Å²) < 4.78 is 11.3. The molecule has 5 heteroatoms. The zero-order valence-electron chi connectivity index (χ0n) is 20.5. The fourth-order valence-corrected chi connectivity index (χ4v) is 4.50. The lowest BCUT2D eigenvalue weighted by atomic mass is 9.82. The highest BCUT2D eigenvalue weighted by molar-refractivity contribution is 5.79. The largest absolute Gasteiger partial charge is 0.497 e. The van der Waals surface area contributed by atoms with E-state index in [1.165, 1.54) is 24.1 Å². The molecule has 2 aromatic heterocycles. The molecule has 5 nitrogen and oxygen atoms in total. The van der Waals surface area contributed by atoms with E-state index in [0.29, 0.717) is 12.0 Å². The number of anilines is 1. The number of pyridine rings is 2. The molecular formula is C28H35N3O2. The Morgan fingerprint density at radius 1 is 1.00 bits per heavy atom. The van der Waals surface area contributed by atoms with Crippen LogP contribution in [0, 0.1) is 12.3 Å². The Kier molecular flexibility index (Phi) is 6.87. The molecule has 4 rings (SSSR count). The zero-order valence-corrected chi connectivity index (χ0v) is 20.5. The van der Waals surface area contributed by atoms with Crippen LogP contribution in [-0.2, 0) is 13.0 Å². The summed E-state index contributed by atoms with van der Waals surface area (Å²) in [4.78, 5) is 12.0. The number of hydrogen-bond acceptors (Lipinski definition) is 5. The van der Waals surface area contributed by atoms with E-state index in [4.69, 9.17) is 19.4 Å². The summed E-state index contributed by atoms with van der Waals surface area (Å²) in [5, 5.41) is 0. The molecule has 1 fully saturated rings. The molecule has 0 spiro atoms. The molecule has 174 valence electrons. The average Bonchev–Trinajstić information content (AvgIpc) is 2.83. The Labute approximate surface area is 197 Å². The third-order valence-electron chi connectivity index (χ3n) is 6.70. The second kappa shape index (κ2) is 9.82. The first-order valence-corrected chi connectivity index (χ1v) is 11.9. The standard InChI is InChI=1S/C28H35N3O2/c1-6-24-20(2)29-18-25(27(24)31-14-12-28(3,4)13-15-31)26-11-10-23(17-30-26)33-19-21-8-7-9-22(16-21)32-5/h7-11,16-18H,6,12-15,19H2,1-5H3. The van der Waals surface area contributed by atoms with Crippen LogP contribution >= 0.6 is 0 Å². The van der Waals surface area contributed by atoms with Crippen molar-refractivity contribution in [3.63, 3.8) is 0 Å². The molecule has 0 atom stereocenters. The van der Waals surface area contributed by atoms with Gasteiger partial charge in [-0.25, -0.2) is 0 Å². The first-order chi connectivity index (χ1) is 15.9. The normalized spacial score (nSPS) is 15.4. The maximum Gasteiger partial charge on any atom is 0.138 e. The van der Waals surface area contributed by atoms with Crippen LogP contribution in [0.25, 0.3) is 11.3 Å². The van der Waals surface area contributed by atoms with Crippen LogP contribution < -0.4 is 14.4 Å². The second-order valence-corrected chi connectivity index (χ2v) is 9.61. The maximum absolute atomic E-state index is 5.97. The van der Waals surface area contributed by atoms with Gasteiger partial charge in [0.05, 0.1) is 24.7 Å². The van der Waals surface area contributed by atoms with Crippen molar-refractivity contribution in [2.75, 3.05) is 25.1 Å². The number of piperidine rings is 1. The third-order valence-corrected chi connectivity index (χ3v) is 6.70. The molecule has 1 saturated heterocycles. The Morgan fingerprint density at radius 3 is 2.45 bits per heavy atom. The van der Waals surface area contributed by atoms with Gasteiger partial charge in [-0.3, -0.25) is 9.97 Å². The zero-order chi connectivity index (χ0) is 23.4. The number of benzene rings is 1. The fraction of sp³-hybridized carbons (Fsp3) is 0.429. The molecule has 1 aliphatic heterocycles. The van der Waals surface area contributed by atoms with Gasteiger partial charge in [-0.1, -0.05) is 32.9 Å². The van der Waals surface area contributed by atoms with Crippen LogP contribution in [0.2, 0.25) is 0 Å². The smallest absolute Gasteiger partial charge is 0.138 e. The summed E-state index contributed by atoms with van der Waals surface area (Å²) >= 11 is 0. The van der Waals surface area contributed by atoms with Gasteiger partial charge in [-0.15, -0.1) is 0 Å². The van der Waals surface area contributed by atoms with E-state index in [-0.39, 0.29) is 0 Å². The van der Waals surface area contributed by atoms with Crippen molar-refractivity contribution in [3.8, 4) is 22.8 Å². The highest BCUT2D eigenvalue weighted by Crippen LogP contribution is 2.39. The molecule has 0 saturated carbocycles. The molecule has 3 aromatic rings. The number of methoxy groups -OCH3 is 1. The van der Waals surface area contributed by atoms with Gasteiger partial charge < -0.3 is 14.4 Å². The minimum atomic E-state index is 0.408. The molecule has 33 heavy (non-hydrogen) atoms. The number of aromatic nitrogens is 2. The lowest BCUT2D eigenvalue weighted by molar-refractivity contribution is 0.279. The van der Waals surface area contributed by atoms with Gasteiger partial charge in [0, 0.05) is 30.5 Å². The Bertz CT molecular complexity index is 1080. The molecule has 0 aliphatic carbocycles. The van der Waals surface area contributed by atoms with Gasteiger partial charge in [-0.2, -0.15) is 0 Å². The van der Waals surface area contributed by atoms with Crippen LogP contribution in [0.4, 0.5) is 5.69 Å². The molecule has 1 aromatic carbocycles. The second-order valence-electron chi connectivity index (χ2n) is 9.61. The Hall–Kier alpha value is -3.08. The highest BCUT2D eigenvalue weighted by Gasteiger charge is 2.28. The highest BCUT2D eigenvalue weighted by atomic mass is 16.5. The predicted octanol–water partition coefficient (Wildman–Crippen LogP) is 6.23. The minimum absolute atomic E-state index is 0.408. The summed E-state index contributed by atoms with van der Waals surface area (Å²) in [6, 6.07) is 12.0. The van der Waals surface area contributed by atoms with Crippen LogP contribution in [0.15, 0.2) is 48.8 Å². The lowest BCUT2D eigenvalue weighted by Crippen LogP contribution is -2.38. The van der Waals surface area contributed by atoms with Crippen molar-refractivity contribution in [1.82, 2.24) is 9.97 Å². The van der Waals surface area contributed by atoms with E-state index in [1.807, 2.05) is 48.8 Å². The fourth-order valence-electron chi connectivity index (χ4n) is 4.50. The van der Waals surface area contributed by atoms with Gasteiger partial charge >= 0.3 is 0 Å².